The molecule has 0 bridgehead atoms. The van der Waals surface area contributed by atoms with E-state index < -0.39 is 11.7 Å². The van der Waals surface area contributed by atoms with Crippen LogP contribution in [0.25, 0.3) is 11.0 Å². The van der Waals surface area contributed by atoms with Crippen LogP contribution in [0.5, 0.6) is 11.6 Å². The van der Waals surface area contributed by atoms with Gasteiger partial charge in [0.2, 0.25) is 11.8 Å². The molecule has 13 heteroatoms. The molecule has 1 amide bonds. The number of amides is 1. The maximum atomic E-state index is 14.2. The number of nitrogens with zero attached hydrogens (tertiary/aromatic N) is 6. The second-order valence-corrected chi connectivity index (χ2v) is 12.6. The molecule has 48 heavy (non-hydrogen) atoms. The number of carbonyl (C=O) groups excluding carboxylic acids is 1. The SMILES string of the molecule is CCC1CN(C(=O)Cc2ccc(CN3CCN(CC)CC3)c(C(F)(F)F)c2)Cc2cc(Oc3ncnc4[nH]c(CCOC)cc34)cnc21. The lowest BCUT2D eigenvalue weighted by Crippen LogP contribution is -2.45. The maximum Gasteiger partial charge on any atom is 0.416 e. The van der Waals surface area contributed by atoms with Crippen LogP contribution < -0.4 is 4.74 Å². The number of pyridine rings is 1. The highest BCUT2D eigenvalue weighted by Crippen LogP contribution is 2.36. The van der Waals surface area contributed by atoms with Gasteiger partial charge in [0.25, 0.3) is 0 Å². The topological polar surface area (TPSA) is 99.7 Å². The number of aromatic amines is 1. The molecule has 0 spiro atoms. The fourth-order valence-electron chi connectivity index (χ4n) is 6.62. The molecule has 3 aromatic heterocycles. The summed E-state index contributed by atoms with van der Waals surface area (Å²) in [6.45, 7) is 9.75. The Labute approximate surface area is 278 Å². The average Bonchev–Trinajstić information content (AvgIpc) is 3.51. The molecule has 0 saturated carbocycles. The number of piperazine rings is 1. The van der Waals surface area contributed by atoms with Gasteiger partial charge < -0.3 is 24.3 Å². The first kappa shape index (κ1) is 33.8. The summed E-state index contributed by atoms with van der Waals surface area (Å²) in [6.07, 6.45) is -0.101. The molecule has 256 valence electrons. The van der Waals surface area contributed by atoms with E-state index in [0.29, 0.717) is 42.4 Å². The molecular weight excluding hydrogens is 623 g/mol. The zero-order valence-electron chi connectivity index (χ0n) is 27.6. The van der Waals surface area contributed by atoms with Gasteiger partial charge in [0, 0.05) is 71.0 Å². The molecule has 6 rings (SSSR count). The van der Waals surface area contributed by atoms with Crippen LogP contribution in [0.3, 0.4) is 0 Å². The van der Waals surface area contributed by atoms with E-state index in [1.165, 1.54) is 6.33 Å². The number of likely N-dealkylation sites (N-methyl/N-ethyl adjacent to an activating group) is 1. The van der Waals surface area contributed by atoms with Crippen molar-refractivity contribution in [2.45, 2.75) is 58.3 Å². The number of carbonyl (C=O) groups is 1. The molecule has 4 aromatic rings. The van der Waals surface area contributed by atoms with E-state index in [2.05, 4.69) is 31.7 Å². The predicted molar refractivity (Wildman–Crippen MR) is 175 cm³/mol. The zero-order chi connectivity index (χ0) is 33.8. The van der Waals surface area contributed by atoms with E-state index in [9.17, 15) is 18.0 Å². The minimum Gasteiger partial charge on any atom is -0.437 e. The van der Waals surface area contributed by atoms with Crippen molar-refractivity contribution in [3.05, 3.63) is 76.5 Å². The number of aromatic nitrogens is 4. The normalized spacial score (nSPS) is 17.5. The molecule has 0 radical (unpaired) electrons. The largest absolute Gasteiger partial charge is 0.437 e. The first-order chi connectivity index (χ1) is 23.1. The van der Waals surface area contributed by atoms with Gasteiger partial charge in [-0.15, -0.1) is 0 Å². The van der Waals surface area contributed by atoms with Crippen LogP contribution in [0.15, 0.2) is 42.9 Å². The quantitative estimate of drug-likeness (QED) is 0.222. The summed E-state index contributed by atoms with van der Waals surface area (Å²) in [4.78, 5) is 36.3. The van der Waals surface area contributed by atoms with Crippen molar-refractivity contribution in [3.63, 3.8) is 0 Å². The highest BCUT2D eigenvalue weighted by molar-refractivity contribution is 5.82. The van der Waals surface area contributed by atoms with Gasteiger partial charge in [-0.25, -0.2) is 9.97 Å². The summed E-state index contributed by atoms with van der Waals surface area (Å²) in [5.74, 6) is 0.617. The Morgan fingerprint density at radius 3 is 2.56 bits per heavy atom. The van der Waals surface area contributed by atoms with E-state index in [-0.39, 0.29) is 36.9 Å². The number of methoxy groups -OCH3 is 1. The Hall–Kier alpha value is -4.07. The van der Waals surface area contributed by atoms with Crippen molar-refractivity contribution in [2.24, 2.45) is 0 Å². The molecule has 1 unspecified atom stereocenters. The summed E-state index contributed by atoms with van der Waals surface area (Å²) in [5, 5.41) is 0.730. The fourth-order valence-corrected chi connectivity index (χ4v) is 6.62. The first-order valence-corrected chi connectivity index (χ1v) is 16.5. The standard InChI is InChI=1S/C35H42F3N7O3/c1-4-24-20-45(31(46)15-23-6-7-25(30(14-23)35(36,37)38)19-44-11-9-43(5-2)10-12-44)21-26-16-28(18-39-32(24)26)48-34-29-17-27(8-13-47-3)42-33(29)40-22-41-34/h6-7,14,16-18,22,24H,4-5,8-13,15,19-21H2,1-3H3,(H,40,41,42). The van der Waals surface area contributed by atoms with Crippen LogP contribution >= 0.6 is 0 Å². The van der Waals surface area contributed by atoms with Gasteiger partial charge in [-0.3, -0.25) is 14.7 Å². The van der Waals surface area contributed by atoms with Crippen molar-refractivity contribution in [3.8, 4) is 11.6 Å². The van der Waals surface area contributed by atoms with E-state index >= 15 is 0 Å². The Bertz CT molecular complexity index is 1740. The monoisotopic (exact) mass is 665 g/mol. The molecule has 1 N–H and O–H groups in total. The molecular formula is C35H42F3N7O3. The number of hydrogen-bond acceptors (Lipinski definition) is 8. The summed E-state index contributed by atoms with van der Waals surface area (Å²) in [6, 6.07) is 8.17. The second-order valence-electron chi connectivity index (χ2n) is 12.6. The number of halogens is 3. The van der Waals surface area contributed by atoms with Crippen LogP contribution in [0.1, 0.15) is 59.8 Å². The minimum atomic E-state index is -4.51. The lowest BCUT2D eigenvalue weighted by Gasteiger charge is -2.34. The van der Waals surface area contributed by atoms with Gasteiger partial charge >= 0.3 is 6.18 Å². The molecule has 0 aliphatic carbocycles. The molecule has 1 saturated heterocycles. The van der Waals surface area contributed by atoms with Gasteiger partial charge in [-0.05, 0) is 47.9 Å². The van der Waals surface area contributed by atoms with Crippen LogP contribution in [0.2, 0.25) is 0 Å². The first-order valence-electron chi connectivity index (χ1n) is 16.5. The van der Waals surface area contributed by atoms with Gasteiger partial charge in [0.1, 0.15) is 17.7 Å². The molecule has 2 aliphatic rings. The number of benzene rings is 1. The molecule has 1 aromatic carbocycles. The highest BCUT2D eigenvalue weighted by Gasteiger charge is 2.35. The minimum absolute atomic E-state index is 0.00758. The third-order valence-corrected chi connectivity index (χ3v) is 9.39. The van der Waals surface area contributed by atoms with Crippen LogP contribution in [-0.2, 0) is 41.6 Å². The second kappa shape index (κ2) is 14.6. The number of rotatable bonds is 11. The van der Waals surface area contributed by atoms with E-state index in [1.807, 2.05) is 19.1 Å². The Kier molecular flexibility index (Phi) is 10.3. The van der Waals surface area contributed by atoms with Gasteiger partial charge in [0.15, 0.2) is 0 Å². The predicted octanol–water partition coefficient (Wildman–Crippen LogP) is 5.57. The number of H-pyrrole nitrogens is 1. The van der Waals surface area contributed by atoms with E-state index in [4.69, 9.17) is 14.5 Å². The molecule has 1 fully saturated rings. The number of ether oxygens (including phenoxy) is 2. The Morgan fingerprint density at radius 2 is 1.83 bits per heavy atom. The summed E-state index contributed by atoms with van der Waals surface area (Å²) >= 11 is 0. The number of hydrogen-bond donors (Lipinski definition) is 1. The Balaban J connectivity index is 1.17. The summed E-state index contributed by atoms with van der Waals surface area (Å²) < 4.78 is 54.0. The van der Waals surface area contributed by atoms with Crippen LogP contribution in [-0.4, -0.2) is 93.5 Å². The fraction of sp³-hybridized carbons (Fsp3) is 0.486. The van der Waals surface area contributed by atoms with Crippen LogP contribution in [0, 0.1) is 0 Å². The number of fused-ring (bicyclic) bond motifs is 2. The molecule has 2 aliphatic heterocycles. The van der Waals surface area contributed by atoms with Crippen molar-refractivity contribution >= 4 is 16.9 Å². The lowest BCUT2D eigenvalue weighted by molar-refractivity contribution is -0.139. The summed E-state index contributed by atoms with van der Waals surface area (Å²) in [5.41, 5.74) is 3.26. The van der Waals surface area contributed by atoms with Gasteiger partial charge in [-0.1, -0.05) is 26.0 Å². The van der Waals surface area contributed by atoms with Crippen LogP contribution in [0.4, 0.5) is 13.2 Å². The van der Waals surface area contributed by atoms with E-state index in [0.717, 1.165) is 67.5 Å². The maximum absolute atomic E-state index is 14.2. The highest BCUT2D eigenvalue weighted by atomic mass is 19.4. The van der Waals surface area contributed by atoms with Crippen molar-refractivity contribution < 1.29 is 27.4 Å². The molecule has 1 atom stereocenters. The van der Waals surface area contributed by atoms with Crippen molar-refractivity contribution in [2.75, 3.05) is 53.0 Å². The smallest absolute Gasteiger partial charge is 0.416 e. The number of alkyl halides is 3. The van der Waals surface area contributed by atoms with Crippen molar-refractivity contribution in [1.29, 1.82) is 0 Å². The average molecular weight is 666 g/mol. The van der Waals surface area contributed by atoms with Gasteiger partial charge in [0.05, 0.1) is 35.9 Å². The number of nitrogens with one attached hydrogen (secondary N) is 1. The Morgan fingerprint density at radius 1 is 1.04 bits per heavy atom. The summed E-state index contributed by atoms with van der Waals surface area (Å²) in [7, 11) is 1.65. The third-order valence-electron chi connectivity index (χ3n) is 9.39. The van der Waals surface area contributed by atoms with Crippen molar-refractivity contribution in [1.82, 2.24) is 34.6 Å². The lowest BCUT2D eigenvalue weighted by atomic mass is 9.92. The third kappa shape index (κ3) is 7.63. The van der Waals surface area contributed by atoms with Gasteiger partial charge in [-0.2, -0.15) is 13.2 Å². The zero-order valence-corrected chi connectivity index (χ0v) is 27.6. The molecule has 10 nitrogen and oxygen atoms in total. The molecule has 5 heterocycles. The van der Waals surface area contributed by atoms with E-state index in [1.54, 1.807) is 30.3 Å².